The molecule has 0 aliphatic carbocycles. The first-order valence-electron chi connectivity index (χ1n) is 6.80. The van der Waals surface area contributed by atoms with E-state index in [0.717, 1.165) is 5.56 Å². The molecule has 6 nitrogen and oxygen atoms in total. The van der Waals surface area contributed by atoms with Gasteiger partial charge in [0.2, 0.25) is 0 Å². The standard InChI is InChI=1S/C16H15ClN2O4/c1-9-5-6-13(20)11(8-9)16(22)23-10(2)15(21)19-12-4-3-7-18-14(12)17/h3-8,10,20H,1-2H3,(H,19,21)/t10-/m0/s1. The van der Waals surface area contributed by atoms with Crippen LogP contribution in [-0.4, -0.2) is 28.1 Å². The summed E-state index contributed by atoms with van der Waals surface area (Å²) in [4.78, 5) is 27.9. The number of phenols is 1. The Morgan fingerprint density at radius 2 is 2.09 bits per heavy atom. The van der Waals surface area contributed by atoms with E-state index in [9.17, 15) is 14.7 Å². The number of aromatic nitrogens is 1. The molecule has 0 aliphatic rings. The van der Waals surface area contributed by atoms with Gasteiger partial charge in [-0.3, -0.25) is 4.79 Å². The van der Waals surface area contributed by atoms with Gasteiger partial charge in [0.1, 0.15) is 11.3 Å². The highest BCUT2D eigenvalue weighted by atomic mass is 35.5. The molecule has 1 amide bonds. The van der Waals surface area contributed by atoms with Gasteiger partial charge in [0.25, 0.3) is 5.91 Å². The summed E-state index contributed by atoms with van der Waals surface area (Å²) >= 11 is 5.85. The summed E-state index contributed by atoms with van der Waals surface area (Å²) in [7, 11) is 0. The fourth-order valence-corrected chi connectivity index (χ4v) is 1.97. The summed E-state index contributed by atoms with van der Waals surface area (Å²) in [6, 6.07) is 7.73. The second kappa shape index (κ2) is 7.11. The Morgan fingerprint density at radius 3 is 2.78 bits per heavy atom. The van der Waals surface area contributed by atoms with Gasteiger partial charge >= 0.3 is 5.97 Å². The molecule has 23 heavy (non-hydrogen) atoms. The molecular weight excluding hydrogens is 320 g/mol. The van der Waals surface area contributed by atoms with E-state index < -0.39 is 18.0 Å². The van der Waals surface area contributed by atoms with Crippen LogP contribution in [0, 0.1) is 6.92 Å². The Hall–Kier alpha value is -2.60. The van der Waals surface area contributed by atoms with Crippen molar-refractivity contribution in [2.45, 2.75) is 20.0 Å². The van der Waals surface area contributed by atoms with Gasteiger partial charge in [0, 0.05) is 6.20 Å². The Kier molecular flexibility index (Phi) is 5.18. The number of phenolic OH excluding ortho intramolecular Hbond substituents is 1. The lowest BCUT2D eigenvalue weighted by Crippen LogP contribution is -2.30. The van der Waals surface area contributed by atoms with Crippen LogP contribution in [0.5, 0.6) is 5.75 Å². The molecule has 1 aromatic carbocycles. The molecule has 1 heterocycles. The minimum absolute atomic E-state index is 0.00376. The molecule has 0 radical (unpaired) electrons. The number of benzene rings is 1. The topological polar surface area (TPSA) is 88.5 Å². The fraction of sp³-hybridized carbons (Fsp3) is 0.188. The van der Waals surface area contributed by atoms with Crippen LogP contribution in [-0.2, 0) is 9.53 Å². The highest BCUT2D eigenvalue weighted by Gasteiger charge is 2.21. The number of aryl methyl sites for hydroxylation is 1. The van der Waals surface area contributed by atoms with E-state index in [4.69, 9.17) is 16.3 Å². The molecule has 0 aliphatic heterocycles. The van der Waals surface area contributed by atoms with Gasteiger partial charge in [0.05, 0.1) is 5.69 Å². The molecule has 2 rings (SSSR count). The monoisotopic (exact) mass is 334 g/mol. The molecule has 2 N–H and O–H groups in total. The lowest BCUT2D eigenvalue weighted by atomic mass is 10.1. The number of anilines is 1. The number of hydrogen-bond acceptors (Lipinski definition) is 5. The Morgan fingerprint density at radius 1 is 1.35 bits per heavy atom. The molecule has 2 aromatic rings. The van der Waals surface area contributed by atoms with Crippen molar-refractivity contribution >= 4 is 29.2 Å². The van der Waals surface area contributed by atoms with Crippen molar-refractivity contribution in [3.05, 3.63) is 52.8 Å². The number of pyridine rings is 1. The lowest BCUT2D eigenvalue weighted by Gasteiger charge is -2.14. The third-order valence-corrected chi connectivity index (χ3v) is 3.34. The van der Waals surface area contributed by atoms with E-state index in [1.165, 1.54) is 25.3 Å². The first kappa shape index (κ1) is 16.8. The Bertz CT molecular complexity index is 749. The molecule has 1 aromatic heterocycles. The summed E-state index contributed by atoms with van der Waals surface area (Å²) in [5, 5.41) is 12.4. The fourth-order valence-electron chi connectivity index (χ4n) is 1.80. The number of nitrogens with one attached hydrogen (secondary N) is 1. The minimum Gasteiger partial charge on any atom is -0.507 e. The van der Waals surface area contributed by atoms with Crippen LogP contribution in [0.1, 0.15) is 22.8 Å². The van der Waals surface area contributed by atoms with Crippen molar-refractivity contribution < 1.29 is 19.4 Å². The number of amides is 1. The number of nitrogens with zero attached hydrogens (tertiary/aromatic N) is 1. The predicted octanol–water partition coefficient (Wildman–Crippen LogP) is 2.93. The molecule has 0 saturated carbocycles. The number of esters is 1. The summed E-state index contributed by atoms with van der Waals surface area (Å²) in [6.45, 7) is 3.20. The molecule has 0 spiro atoms. The van der Waals surface area contributed by atoms with Crippen molar-refractivity contribution in [2.75, 3.05) is 5.32 Å². The quantitative estimate of drug-likeness (QED) is 0.663. The van der Waals surface area contributed by atoms with E-state index in [-0.39, 0.29) is 16.5 Å². The third kappa shape index (κ3) is 4.20. The van der Waals surface area contributed by atoms with Gasteiger partial charge in [-0.2, -0.15) is 0 Å². The van der Waals surface area contributed by atoms with Crippen LogP contribution < -0.4 is 5.32 Å². The van der Waals surface area contributed by atoms with Crippen molar-refractivity contribution in [1.82, 2.24) is 4.98 Å². The average molecular weight is 335 g/mol. The van der Waals surface area contributed by atoms with Crippen molar-refractivity contribution in [2.24, 2.45) is 0 Å². The highest BCUT2D eigenvalue weighted by Crippen LogP contribution is 2.21. The van der Waals surface area contributed by atoms with E-state index in [0.29, 0.717) is 5.69 Å². The van der Waals surface area contributed by atoms with Gasteiger partial charge in [-0.1, -0.05) is 23.2 Å². The number of carbonyl (C=O) groups is 2. The lowest BCUT2D eigenvalue weighted by molar-refractivity contribution is -0.123. The molecule has 0 fully saturated rings. The molecule has 120 valence electrons. The Labute approximate surface area is 138 Å². The average Bonchev–Trinajstić information content (AvgIpc) is 2.51. The van der Waals surface area contributed by atoms with Crippen molar-refractivity contribution in [3.63, 3.8) is 0 Å². The summed E-state index contributed by atoms with van der Waals surface area (Å²) in [5.74, 6) is -1.55. The maximum absolute atomic E-state index is 12.1. The molecule has 0 bridgehead atoms. The number of carbonyl (C=O) groups excluding carboxylic acids is 2. The zero-order valence-electron chi connectivity index (χ0n) is 12.5. The second-order valence-electron chi connectivity index (χ2n) is 4.90. The smallest absolute Gasteiger partial charge is 0.342 e. The van der Waals surface area contributed by atoms with Crippen LogP contribution in [0.4, 0.5) is 5.69 Å². The molecule has 0 unspecified atom stereocenters. The summed E-state index contributed by atoms with van der Waals surface area (Å²) in [6.07, 6.45) is 0.417. The Balaban J connectivity index is 2.05. The SMILES string of the molecule is Cc1ccc(O)c(C(=O)O[C@@H](C)C(=O)Nc2cccnc2Cl)c1. The zero-order chi connectivity index (χ0) is 17.0. The molecule has 1 atom stereocenters. The van der Waals surface area contributed by atoms with Gasteiger partial charge in [-0.15, -0.1) is 0 Å². The van der Waals surface area contributed by atoms with E-state index >= 15 is 0 Å². The van der Waals surface area contributed by atoms with Crippen molar-refractivity contribution in [1.29, 1.82) is 0 Å². The number of halogens is 1. The predicted molar refractivity (Wildman–Crippen MR) is 85.6 cm³/mol. The first-order chi connectivity index (χ1) is 10.9. The van der Waals surface area contributed by atoms with Crippen molar-refractivity contribution in [3.8, 4) is 5.75 Å². The number of aromatic hydroxyl groups is 1. The third-order valence-electron chi connectivity index (χ3n) is 3.04. The molecular formula is C16H15ClN2O4. The summed E-state index contributed by atoms with van der Waals surface area (Å²) in [5.41, 5.74) is 1.11. The van der Waals surface area contributed by atoms with Gasteiger partial charge < -0.3 is 15.2 Å². The van der Waals surface area contributed by atoms with Gasteiger partial charge in [-0.25, -0.2) is 9.78 Å². The van der Waals surface area contributed by atoms with Crippen LogP contribution in [0.25, 0.3) is 0 Å². The second-order valence-corrected chi connectivity index (χ2v) is 5.26. The maximum atomic E-state index is 12.1. The zero-order valence-corrected chi connectivity index (χ0v) is 13.3. The number of rotatable bonds is 4. The van der Waals surface area contributed by atoms with Crippen LogP contribution in [0.2, 0.25) is 5.15 Å². The first-order valence-corrected chi connectivity index (χ1v) is 7.18. The number of hydrogen-bond donors (Lipinski definition) is 2. The van der Waals surface area contributed by atoms with Crippen LogP contribution in [0.3, 0.4) is 0 Å². The van der Waals surface area contributed by atoms with Crippen LogP contribution >= 0.6 is 11.6 Å². The summed E-state index contributed by atoms with van der Waals surface area (Å²) < 4.78 is 5.07. The van der Waals surface area contributed by atoms with E-state index in [1.807, 2.05) is 0 Å². The number of ether oxygens (including phenoxy) is 1. The largest absolute Gasteiger partial charge is 0.507 e. The van der Waals surface area contributed by atoms with E-state index in [1.54, 1.807) is 25.1 Å². The molecule has 7 heteroatoms. The van der Waals surface area contributed by atoms with Gasteiger partial charge in [0.15, 0.2) is 11.3 Å². The van der Waals surface area contributed by atoms with Crippen LogP contribution in [0.15, 0.2) is 36.5 Å². The maximum Gasteiger partial charge on any atom is 0.342 e. The molecule has 0 saturated heterocycles. The highest BCUT2D eigenvalue weighted by molar-refractivity contribution is 6.32. The normalized spacial score (nSPS) is 11.6. The minimum atomic E-state index is -1.07. The van der Waals surface area contributed by atoms with Gasteiger partial charge in [-0.05, 0) is 38.1 Å². The van der Waals surface area contributed by atoms with E-state index in [2.05, 4.69) is 10.3 Å².